The van der Waals surface area contributed by atoms with E-state index in [2.05, 4.69) is 15.0 Å². The number of aromatic amines is 1. The van der Waals surface area contributed by atoms with Gasteiger partial charge in [-0.05, 0) is 38.0 Å². The number of nitrogens with zero attached hydrogens (tertiary/aromatic N) is 3. The van der Waals surface area contributed by atoms with Crippen LogP contribution in [0.2, 0.25) is 10.0 Å². The maximum Gasteiger partial charge on any atom is 0.254 e. The number of thiazole rings is 1. The lowest BCUT2D eigenvalue weighted by atomic mass is 10.1. The fourth-order valence-electron chi connectivity index (χ4n) is 2.78. The smallest absolute Gasteiger partial charge is 0.254 e. The zero-order valence-electron chi connectivity index (χ0n) is 15.3. The Bertz CT molecular complexity index is 1150. The summed E-state index contributed by atoms with van der Waals surface area (Å²) >= 11 is 13.5. The summed E-state index contributed by atoms with van der Waals surface area (Å²) in [5.41, 5.74) is 1.83. The number of aryl methyl sites for hydroxylation is 2. The first-order chi connectivity index (χ1) is 13.3. The number of halogens is 2. The van der Waals surface area contributed by atoms with E-state index >= 15 is 0 Å². The number of aromatic nitrogens is 3. The normalized spacial score (nSPS) is 11.8. The second-order valence-corrected chi connectivity index (χ2v) is 7.99. The van der Waals surface area contributed by atoms with Crippen molar-refractivity contribution in [1.82, 2.24) is 14.5 Å². The van der Waals surface area contributed by atoms with Gasteiger partial charge in [-0.3, -0.25) is 9.59 Å². The minimum absolute atomic E-state index is 0.133. The first kappa shape index (κ1) is 20.5. The van der Waals surface area contributed by atoms with E-state index < -0.39 is 0 Å². The summed E-state index contributed by atoms with van der Waals surface area (Å²) in [6.45, 7) is 3.97. The molecule has 0 spiro atoms. The molecule has 9 heteroatoms. The molecule has 0 bridgehead atoms. The Morgan fingerprint density at radius 1 is 1.32 bits per heavy atom. The van der Waals surface area contributed by atoms with Gasteiger partial charge in [0.15, 0.2) is 4.80 Å². The van der Waals surface area contributed by atoms with Crippen LogP contribution in [-0.4, -0.2) is 20.4 Å². The molecule has 1 aromatic carbocycles. The molecule has 3 aromatic rings. The third-order valence-corrected chi connectivity index (χ3v) is 5.55. The summed E-state index contributed by atoms with van der Waals surface area (Å²) in [4.78, 5) is 36.1. The molecule has 2 heterocycles. The van der Waals surface area contributed by atoms with E-state index in [1.807, 2.05) is 22.2 Å². The van der Waals surface area contributed by atoms with Gasteiger partial charge >= 0.3 is 0 Å². The van der Waals surface area contributed by atoms with Crippen LogP contribution in [0.25, 0.3) is 0 Å². The van der Waals surface area contributed by atoms with Gasteiger partial charge in [-0.25, -0.2) is 4.98 Å². The summed E-state index contributed by atoms with van der Waals surface area (Å²) in [5.74, 6) is 0.264. The lowest BCUT2D eigenvalue weighted by molar-refractivity contribution is -0.118. The second-order valence-electron chi connectivity index (χ2n) is 6.27. The van der Waals surface area contributed by atoms with E-state index in [0.29, 0.717) is 44.9 Å². The van der Waals surface area contributed by atoms with E-state index in [9.17, 15) is 9.59 Å². The maximum atomic E-state index is 12.3. The third kappa shape index (κ3) is 4.98. The van der Waals surface area contributed by atoms with Crippen molar-refractivity contribution in [2.24, 2.45) is 4.99 Å². The number of amides is 1. The topological polar surface area (TPSA) is 80.1 Å². The van der Waals surface area contributed by atoms with E-state index in [-0.39, 0.29) is 17.9 Å². The summed E-state index contributed by atoms with van der Waals surface area (Å²) in [6, 6.07) is 5.30. The zero-order valence-corrected chi connectivity index (χ0v) is 17.7. The molecule has 0 saturated heterocycles. The number of carbonyl (C=O) groups excluding carboxylic acids is 1. The molecule has 6 nitrogen and oxygen atoms in total. The molecular formula is C19H18Cl2N4O2S. The van der Waals surface area contributed by atoms with Gasteiger partial charge in [0.25, 0.3) is 5.56 Å². The quantitative estimate of drug-likeness (QED) is 0.662. The van der Waals surface area contributed by atoms with Crippen LogP contribution in [0.4, 0.5) is 0 Å². The van der Waals surface area contributed by atoms with Gasteiger partial charge in [-0.15, -0.1) is 11.3 Å². The van der Waals surface area contributed by atoms with Crippen LogP contribution in [0.1, 0.15) is 29.1 Å². The molecule has 1 N–H and O–H groups in total. The third-order valence-electron chi connectivity index (χ3n) is 4.17. The number of hydrogen-bond donors (Lipinski definition) is 1. The predicted octanol–water partition coefficient (Wildman–Crippen LogP) is 3.66. The van der Waals surface area contributed by atoms with Gasteiger partial charge in [-0.2, -0.15) is 4.99 Å². The predicted molar refractivity (Wildman–Crippen MR) is 111 cm³/mol. The van der Waals surface area contributed by atoms with Crippen molar-refractivity contribution in [3.05, 3.63) is 77.6 Å². The van der Waals surface area contributed by atoms with E-state index in [1.54, 1.807) is 26.0 Å². The lowest BCUT2D eigenvalue weighted by Crippen LogP contribution is -2.20. The molecule has 0 aliphatic rings. The van der Waals surface area contributed by atoms with Crippen LogP contribution in [0.5, 0.6) is 0 Å². The molecular weight excluding hydrogens is 419 g/mol. The fourth-order valence-corrected chi connectivity index (χ4v) is 3.99. The molecule has 1 amide bonds. The SMILES string of the molecule is Cc1nc(C)c(CCC(=O)N=c2sccn2Cc2ccc(Cl)cc2Cl)c(=O)[nH]1. The number of H-pyrrole nitrogens is 1. The van der Waals surface area contributed by atoms with Gasteiger partial charge in [-0.1, -0.05) is 29.3 Å². The minimum atomic E-state index is -0.294. The first-order valence-corrected chi connectivity index (χ1v) is 10.2. The van der Waals surface area contributed by atoms with Crippen molar-refractivity contribution < 1.29 is 4.79 Å². The van der Waals surface area contributed by atoms with Crippen molar-refractivity contribution in [2.45, 2.75) is 33.2 Å². The molecule has 0 radical (unpaired) electrons. The molecule has 0 unspecified atom stereocenters. The highest BCUT2D eigenvalue weighted by Crippen LogP contribution is 2.21. The Morgan fingerprint density at radius 3 is 2.82 bits per heavy atom. The molecule has 0 aliphatic carbocycles. The van der Waals surface area contributed by atoms with E-state index in [0.717, 1.165) is 5.56 Å². The average Bonchev–Trinajstić information content (AvgIpc) is 3.03. The van der Waals surface area contributed by atoms with Gasteiger partial charge in [0.05, 0.1) is 6.54 Å². The largest absolute Gasteiger partial charge is 0.319 e. The van der Waals surface area contributed by atoms with Crippen LogP contribution in [0, 0.1) is 13.8 Å². The van der Waals surface area contributed by atoms with E-state index in [1.165, 1.54) is 11.3 Å². The number of nitrogens with one attached hydrogen (secondary N) is 1. The van der Waals surface area contributed by atoms with E-state index in [4.69, 9.17) is 23.2 Å². The Balaban J connectivity index is 1.75. The standard InChI is InChI=1S/C19H18Cl2N4O2S/c1-11-15(18(27)23-12(2)22-11)5-6-17(26)24-19-25(7-8-28-19)10-13-3-4-14(20)9-16(13)21/h3-4,7-9H,5-6,10H2,1-2H3,(H,22,23,27). The summed E-state index contributed by atoms with van der Waals surface area (Å²) in [6.07, 6.45) is 2.28. The fraction of sp³-hybridized carbons (Fsp3) is 0.263. The summed E-state index contributed by atoms with van der Waals surface area (Å²) in [5, 5.41) is 2.99. The Hall–Kier alpha value is -2.22. The molecule has 2 aromatic heterocycles. The molecule has 3 rings (SSSR count). The van der Waals surface area contributed by atoms with Crippen LogP contribution in [-0.2, 0) is 17.8 Å². The van der Waals surface area contributed by atoms with Crippen molar-refractivity contribution in [1.29, 1.82) is 0 Å². The Morgan fingerprint density at radius 2 is 2.11 bits per heavy atom. The number of rotatable bonds is 5. The molecule has 0 saturated carbocycles. The first-order valence-electron chi connectivity index (χ1n) is 8.55. The molecule has 0 aliphatic heterocycles. The van der Waals surface area contributed by atoms with Crippen molar-refractivity contribution in [2.75, 3.05) is 0 Å². The highest BCUT2D eigenvalue weighted by molar-refractivity contribution is 7.07. The molecule has 0 fully saturated rings. The Labute approximate surface area is 175 Å². The van der Waals surface area contributed by atoms with Crippen LogP contribution in [0.3, 0.4) is 0 Å². The van der Waals surface area contributed by atoms with Crippen molar-refractivity contribution in [3.63, 3.8) is 0 Å². The van der Waals surface area contributed by atoms with Crippen LogP contribution in [0.15, 0.2) is 39.6 Å². The molecule has 0 atom stereocenters. The van der Waals surface area contributed by atoms with Gasteiger partial charge in [0, 0.05) is 39.3 Å². The number of hydrogen-bond acceptors (Lipinski definition) is 4. The summed E-state index contributed by atoms with van der Waals surface area (Å²) in [7, 11) is 0. The van der Waals surface area contributed by atoms with Gasteiger partial charge < -0.3 is 9.55 Å². The van der Waals surface area contributed by atoms with Gasteiger partial charge in [0.2, 0.25) is 5.91 Å². The average molecular weight is 437 g/mol. The number of carbonyl (C=O) groups is 1. The van der Waals surface area contributed by atoms with Gasteiger partial charge in [0.1, 0.15) is 5.82 Å². The monoisotopic (exact) mass is 436 g/mol. The molecule has 28 heavy (non-hydrogen) atoms. The second kappa shape index (κ2) is 8.86. The van der Waals surface area contributed by atoms with Crippen LogP contribution < -0.4 is 10.4 Å². The number of benzene rings is 1. The Kier molecular flexibility index (Phi) is 6.49. The summed E-state index contributed by atoms with van der Waals surface area (Å²) < 4.78 is 1.85. The van der Waals surface area contributed by atoms with Crippen molar-refractivity contribution in [3.8, 4) is 0 Å². The lowest BCUT2D eigenvalue weighted by Gasteiger charge is -2.06. The minimum Gasteiger partial charge on any atom is -0.319 e. The highest BCUT2D eigenvalue weighted by Gasteiger charge is 2.10. The van der Waals surface area contributed by atoms with Crippen molar-refractivity contribution >= 4 is 40.4 Å². The molecule has 146 valence electrons. The highest BCUT2D eigenvalue weighted by atomic mass is 35.5. The zero-order chi connectivity index (χ0) is 20.3. The maximum absolute atomic E-state index is 12.3. The van der Waals surface area contributed by atoms with Crippen LogP contribution >= 0.6 is 34.5 Å².